The molecule has 2 heteroatoms. The highest BCUT2D eigenvalue weighted by molar-refractivity contribution is 5.09. The molecule has 0 saturated carbocycles. The van der Waals surface area contributed by atoms with Crippen molar-refractivity contribution in [3.8, 4) is 0 Å². The van der Waals surface area contributed by atoms with E-state index in [9.17, 15) is 0 Å². The summed E-state index contributed by atoms with van der Waals surface area (Å²) in [5, 5.41) is 2.04. The Hall–Kier alpha value is -1.28. The molecule has 2 nitrogen and oxygen atoms in total. The smallest absolute Gasteiger partial charge is 0.0338 e. The fraction of sp³-hybridized carbons (Fsp3) is 0.385. The quantitative estimate of drug-likeness (QED) is 0.688. The Kier molecular flexibility index (Phi) is 4.37. The molecule has 0 spiro atoms. The molecule has 0 unspecified atom stereocenters. The third-order valence-electron chi connectivity index (χ3n) is 2.58. The van der Waals surface area contributed by atoms with Crippen molar-refractivity contribution in [2.24, 2.45) is 5.73 Å². The van der Waals surface area contributed by atoms with E-state index in [2.05, 4.69) is 24.3 Å². The van der Waals surface area contributed by atoms with Gasteiger partial charge in [-0.3, -0.25) is 0 Å². The Morgan fingerprint density at radius 2 is 1.80 bits per heavy atom. The lowest BCUT2D eigenvalue weighted by molar-refractivity contribution is 0.645. The van der Waals surface area contributed by atoms with E-state index in [-0.39, 0.29) is 0 Å². The van der Waals surface area contributed by atoms with E-state index in [0.717, 1.165) is 43.1 Å². The summed E-state index contributed by atoms with van der Waals surface area (Å²) >= 11 is 0. The molecule has 0 radical (unpaired) electrons. The highest BCUT2D eigenvalue weighted by Crippen LogP contribution is 2.06. The number of allylic oxidation sites excluding steroid dienone is 1. The molecule has 0 saturated heterocycles. The van der Waals surface area contributed by atoms with Gasteiger partial charge in [0.15, 0.2) is 0 Å². The van der Waals surface area contributed by atoms with Crippen molar-refractivity contribution in [2.45, 2.75) is 25.8 Å². The lowest BCUT2D eigenvalue weighted by atomic mass is 10.1. The van der Waals surface area contributed by atoms with Crippen molar-refractivity contribution in [1.82, 2.24) is 4.57 Å². The van der Waals surface area contributed by atoms with Crippen molar-refractivity contribution in [3.05, 3.63) is 35.0 Å². The van der Waals surface area contributed by atoms with Crippen molar-refractivity contribution in [1.29, 1.82) is 0 Å². The molecule has 1 aromatic heterocycles. The number of hydrogen-bond donors (Lipinski definition) is 1. The van der Waals surface area contributed by atoms with Crippen LogP contribution in [0.4, 0.5) is 0 Å². The average molecular weight is 204 g/mol. The first kappa shape index (κ1) is 11.8. The molecule has 82 valence electrons. The first-order valence-electron chi connectivity index (χ1n) is 5.35. The third-order valence-corrected chi connectivity index (χ3v) is 2.58. The minimum absolute atomic E-state index is 0.740. The summed E-state index contributed by atoms with van der Waals surface area (Å²) in [6, 6.07) is 3.98. The number of rotatable bonds is 6. The second kappa shape index (κ2) is 5.56. The molecule has 0 aromatic carbocycles. The maximum atomic E-state index is 5.45. The molecule has 0 bridgehead atoms. The van der Waals surface area contributed by atoms with Gasteiger partial charge in [0.1, 0.15) is 0 Å². The van der Waals surface area contributed by atoms with Crippen molar-refractivity contribution >= 4 is 13.2 Å². The Bertz CT molecular complexity index is 387. The van der Waals surface area contributed by atoms with Gasteiger partial charge in [0, 0.05) is 17.2 Å². The van der Waals surface area contributed by atoms with Crippen LogP contribution in [0.1, 0.15) is 19.3 Å². The zero-order valence-electron chi connectivity index (χ0n) is 9.34. The lowest BCUT2D eigenvalue weighted by Gasteiger charge is -2.07. The van der Waals surface area contributed by atoms with Gasteiger partial charge in [0.2, 0.25) is 0 Å². The van der Waals surface area contributed by atoms with E-state index in [1.165, 1.54) is 5.57 Å². The highest BCUT2D eigenvalue weighted by Gasteiger charge is 1.97. The second-order valence-corrected chi connectivity index (χ2v) is 3.86. The topological polar surface area (TPSA) is 30.9 Å². The molecule has 0 amide bonds. The monoisotopic (exact) mass is 204 g/mol. The summed E-state index contributed by atoms with van der Waals surface area (Å²) in [5.41, 5.74) is 6.71. The van der Waals surface area contributed by atoms with E-state index in [1.54, 1.807) is 0 Å². The van der Waals surface area contributed by atoms with E-state index in [4.69, 9.17) is 5.73 Å². The molecule has 0 aliphatic rings. The Balaban J connectivity index is 2.47. The number of aromatic nitrogens is 1. The van der Waals surface area contributed by atoms with Gasteiger partial charge in [0.05, 0.1) is 0 Å². The van der Waals surface area contributed by atoms with Crippen LogP contribution in [0.2, 0.25) is 0 Å². The predicted octanol–water partition coefficient (Wildman–Crippen LogP) is 0.994. The van der Waals surface area contributed by atoms with Crippen molar-refractivity contribution < 1.29 is 0 Å². The SMILES string of the molecule is C=C(CCCN)CCn1c(=C)ccc1=C. The average Bonchev–Trinajstić information content (AvgIpc) is 2.53. The van der Waals surface area contributed by atoms with Crippen LogP contribution in [0, 0.1) is 0 Å². The number of nitrogens with two attached hydrogens (primary N) is 1. The van der Waals surface area contributed by atoms with E-state index < -0.39 is 0 Å². The van der Waals surface area contributed by atoms with Gasteiger partial charge >= 0.3 is 0 Å². The molecule has 15 heavy (non-hydrogen) atoms. The second-order valence-electron chi connectivity index (χ2n) is 3.86. The van der Waals surface area contributed by atoms with E-state index >= 15 is 0 Å². The standard InChI is InChI=1S/C13H20N2/c1-11(5-4-9-14)8-10-15-12(2)6-7-13(15)3/h6-7H,1-5,8-10,14H2. The maximum absolute atomic E-state index is 5.45. The van der Waals surface area contributed by atoms with Gasteiger partial charge in [-0.15, -0.1) is 0 Å². The van der Waals surface area contributed by atoms with Gasteiger partial charge < -0.3 is 10.3 Å². The van der Waals surface area contributed by atoms with Crippen LogP contribution in [-0.4, -0.2) is 11.1 Å². The van der Waals surface area contributed by atoms with Crippen LogP contribution >= 0.6 is 0 Å². The Morgan fingerprint density at radius 1 is 1.20 bits per heavy atom. The summed E-state index contributed by atoms with van der Waals surface area (Å²) in [5.74, 6) is 0. The first-order valence-corrected chi connectivity index (χ1v) is 5.35. The molecule has 1 aromatic rings. The molecule has 2 N–H and O–H groups in total. The Morgan fingerprint density at radius 3 is 2.33 bits per heavy atom. The number of nitrogens with zero attached hydrogens (tertiary/aromatic N) is 1. The largest absolute Gasteiger partial charge is 0.342 e. The van der Waals surface area contributed by atoms with Gasteiger partial charge in [-0.25, -0.2) is 0 Å². The van der Waals surface area contributed by atoms with Crippen LogP contribution in [-0.2, 0) is 6.54 Å². The van der Waals surface area contributed by atoms with Crippen LogP contribution in [0.3, 0.4) is 0 Å². The summed E-state index contributed by atoms with van der Waals surface area (Å²) in [7, 11) is 0. The van der Waals surface area contributed by atoms with E-state index in [0.29, 0.717) is 0 Å². The number of hydrogen-bond acceptors (Lipinski definition) is 1. The molecular weight excluding hydrogens is 184 g/mol. The highest BCUT2D eigenvalue weighted by atomic mass is 14.9. The van der Waals surface area contributed by atoms with Crippen molar-refractivity contribution in [2.75, 3.05) is 6.54 Å². The lowest BCUT2D eigenvalue weighted by Crippen LogP contribution is -2.24. The summed E-state index contributed by atoms with van der Waals surface area (Å²) in [6.45, 7) is 13.6. The molecule has 0 fully saturated rings. The minimum atomic E-state index is 0.740. The van der Waals surface area contributed by atoms with Gasteiger partial charge in [-0.2, -0.15) is 0 Å². The Labute approximate surface area is 91.4 Å². The molecule has 0 atom stereocenters. The summed E-state index contributed by atoms with van der Waals surface area (Å²) < 4.78 is 2.12. The molecular formula is C13H20N2. The first-order chi connectivity index (χ1) is 7.15. The zero-order valence-corrected chi connectivity index (χ0v) is 9.34. The maximum Gasteiger partial charge on any atom is 0.0338 e. The zero-order chi connectivity index (χ0) is 11.3. The minimum Gasteiger partial charge on any atom is -0.342 e. The van der Waals surface area contributed by atoms with Crippen LogP contribution in [0.15, 0.2) is 24.3 Å². The predicted molar refractivity (Wildman–Crippen MR) is 66.8 cm³/mol. The summed E-state index contributed by atoms with van der Waals surface area (Å²) in [4.78, 5) is 0. The van der Waals surface area contributed by atoms with Crippen molar-refractivity contribution in [3.63, 3.8) is 0 Å². The molecule has 0 aliphatic heterocycles. The normalized spacial score (nSPS) is 10.5. The van der Waals surface area contributed by atoms with Crippen LogP contribution in [0.5, 0.6) is 0 Å². The fourth-order valence-electron chi connectivity index (χ4n) is 1.59. The molecule has 1 heterocycles. The fourth-order valence-corrected chi connectivity index (χ4v) is 1.59. The van der Waals surface area contributed by atoms with E-state index in [1.807, 2.05) is 12.1 Å². The third kappa shape index (κ3) is 3.40. The van der Waals surface area contributed by atoms with Gasteiger partial charge in [-0.05, 0) is 37.9 Å². The molecule has 0 aliphatic carbocycles. The van der Waals surface area contributed by atoms with Gasteiger partial charge in [-0.1, -0.05) is 25.3 Å². The van der Waals surface area contributed by atoms with Crippen LogP contribution < -0.4 is 16.4 Å². The molecule has 1 rings (SSSR count). The van der Waals surface area contributed by atoms with Gasteiger partial charge in [0.25, 0.3) is 0 Å². The summed E-state index contributed by atoms with van der Waals surface area (Å²) in [6.07, 6.45) is 3.04. The van der Waals surface area contributed by atoms with Crippen LogP contribution in [0.25, 0.3) is 13.2 Å².